The van der Waals surface area contributed by atoms with Crippen molar-refractivity contribution in [1.29, 1.82) is 0 Å². The molecule has 0 amide bonds. The van der Waals surface area contributed by atoms with Crippen LogP contribution in [0, 0.1) is 5.92 Å². The fourth-order valence-corrected chi connectivity index (χ4v) is 4.20. The van der Waals surface area contributed by atoms with Crippen LogP contribution in [-0.2, 0) is 4.79 Å². The molecular weight excluding hydrogens is 310 g/mol. The SMILES string of the molecule is CC(=O)CCN1CC(C)CC(c2ccc(C3C=N3)c3ncccc23)C1. The van der Waals surface area contributed by atoms with Crippen molar-refractivity contribution < 1.29 is 4.79 Å². The molecule has 2 aliphatic rings. The Hall–Kier alpha value is -2.07. The van der Waals surface area contributed by atoms with Crippen LogP contribution in [0.2, 0.25) is 0 Å². The van der Waals surface area contributed by atoms with E-state index in [1.54, 1.807) is 6.92 Å². The molecule has 4 rings (SSSR count). The summed E-state index contributed by atoms with van der Waals surface area (Å²) in [5.74, 6) is 1.42. The van der Waals surface area contributed by atoms with Crippen LogP contribution in [0.5, 0.6) is 0 Å². The highest BCUT2D eigenvalue weighted by Crippen LogP contribution is 2.37. The number of aliphatic imine (C=N–C) groups is 1. The summed E-state index contributed by atoms with van der Waals surface area (Å²) in [5.41, 5.74) is 3.71. The number of carbonyl (C=O) groups excluding carboxylic acids is 1. The first-order valence-corrected chi connectivity index (χ1v) is 9.24. The van der Waals surface area contributed by atoms with Crippen LogP contribution < -0.4 is 0 Å². The van der Waals surface area contributed by atoms with Crippen molar-refractivity contribution in [3.05, 3.63) is 41.6 Å². The number of carbonyl (C=O) groups is 1. The molecule has 1 aromatic carbocycles. The third kappa shape index (κ3) is 3.49. The van der Waals surface area contributed by atoms with E-state index in [4.69, 9.17) is 0 Å². The van der Waals surface area contributed by atoms with Gasteiger partial charge in [-0.1, -0.05) is 25.1 Å². The number of fused-ring (bicyclic) bond motifs is 1. The van der Waals surface area contributed by atoms with E-state index in [1.807, 2.05) is 18.5 Å². The van der Waals surface area contributed by atoms with Gasteiger partial charge in [0.05, 0.1) is 5.52 Å². The van der Waals surface area contributed by atoms with Crippen molar-refractivity contribution in [3.8, 4) is 0 Å². The molecule has 1 saturated heterocycles. The Kier molecular flexibility index (Phi) is 4.38. The lowest BCUT2D eigenvalue weighted by atomic mass is 9.83. The Labute approximate surface area is 149 Å². The van der Waals surface area contributed by atoms with Crippen LogP contribution in [0.25, 0.3) is 10.9 Å². The Bertz CT molecular complexity index is 823. The zero-order chi connectivity index (χ0) is 17.4. The second-order valence-electron chi connectivity index (χ2n) is 7.64. The Morgan fingerprint density at radius 1 is 1.24 bits per heavy atom. The van der Waals surface area contributed by atoms with Crippen LogP contribution in [0.15, 0.2) is 35.5 Å². The maximum absolute atomic E-state index is 11.4. The van der Waals surface area contributed by atoms with Crippen LogP contribution >= 0.6 is 0 Å². The average Bonchev–Trinajstić information content (AvgIpc) is 3.43. The van der Waals surface area contributed by atoms with E-state index in [-0.39, 0.29) is 11.8 Å². The Balaban J connectivity index is 1.64. The van der Waals surface area contributed by atoms with Gasteiger partial charge in [0.25, 0.3) is 0 Å². The minimum absolute atomic E-state index is 0.226. The first kappa shape index (κ1) is 16.4. The van der Waals surface area contributed by atoms with Gasteiger partial charge in [0.2, 0.25) is 0 Å². The number of hydrogen-bond acceptors (Lipinski definition) is 4. The minimum Gasteiger partial charge on any atom is -0.302 e. The fourth-order valence-electron chi connectivity index (χ4n) is 4.20. The lowest BCUT2D eigenvalue weighted by Gasteiger charge is -2.37. The molecule has 3 atom stereocenters. The van der Waals surface area contributed by atoms with Crippen LogP contribution in [0.4, 0.5) is 0 Å². The van der Waals surface area contributed by atoms with Crippen molar-refractivity contribution in [3.63, 3.8) is 0 Å². The summed E-state index contributed by atoms with van der Waals surface area (Å²) < 4.78 is 0. The maximum Gasteiger partial charge on any atom is 0.131 e. The molecule has 0 N–H and O–H groups in total. The predicted molar refractivity (Wildman–Crippen MR) is 101 cm³/mol. The zero-order valence-corrected chi connectivity index (χ0v) is 15.0. The van der Waals surface area contributed by atoms with Gasteiger partial charge in [0.15, 0.2) is 0 Å². The predicted octanol–water partition coefficient (Wildman–Crippen LogP) is 3.76. The van der Waals surface area contributed by atoms with Gasteiger partial charge >= 0.3 is 0 Å². The number of likely N-dealkylation sites (tertiary alicyclic amines) is 1. The van der Waals surface area contributed by atoms with Crippen molar-refractivity contribution in [2.45, 2.75) is 38.6 Å². The Morgan fingerprint density at radius 2 is 2.04 bits per heavy atom. The lowest BCUT2D eigenvalue weighted by Crippen LogP contribution is -2.39. The van der Waals surface area contributed by atoms with Gasteiger partial charge in [-0.05, 0) is 36.8 Å². The average molecular weight is 335 g/mol. The van der Waals surface area contributed by atoms with Crippen LogP contribution in [0.3, 0.4) is 0 Å². The monoisotopic (exact) mass is 335 g/mol. The summed E-state index contributed by atoms with van der Waals surface area (Å²) >= 11 is 0. The van der Waals surface area contributed by atoms with E-state index >= 15 is 0 Å². The van der Waals surface area contributed by atoms with Gasteiger partial charge in [-0.3, -0.25) is 14.8 Å². The molecule has 1 aromatic heterocycles. The molecular formula is C21H25N3O. The number of benzene rings is 1. The molecule has 3 unspecified atom stereocenters. The van der Waals surface area contributed by atoms with E-state index in [0.29, 0.717) is 18.3 Å². The maximum atomic E-state index is 11.4. The number of rotatable bonds is 5. The molecule has 0 aliphatic carbocycles. The van der Waals surface area contributed by atoms with Gasteiger partial charge in [-0.25, -0.2) is 0 Å². The number of ketones is 1. The number of hydrogen-bond donors (Lipinski definition) is 0. The largest absolute Gasteiger partial charge is 0.302 e. The van der Waals surface area contributed by atoms with Gasteiger partial charge in [-0.2, -0.15) is 0 Å². The molecule has 2 aliphatic heterocycles. The molecule has 0 radical (unpaired) electrons. The highest BCUT2D eigenvalue weighted by atomic mass is 16.1. The summed E-state index contributed by atoms with van der Waals surface area (Å²) in [6.07, 6.45) is 5.70. The van der Waals surface area contributed by atoms with Crippen molar-refractivity contribution in [1.82, 2.24) is 9.88 Å². The second kappa shape index (κ2) is 6.68. The molecule has 25 heavy (non-hydrogen) atoms. The number of piperidine rings is 1. The van der Waals surface area contributed by atoms with E-state index < -0.39 is 0 Å². The highest BCUT2D eigenvalue weighted by molar-refractivity contribution is 5.92. The van der Waals surface area contributed by atoms with E-state index in [2.05, 4.69) is 40.0 Å². The van der Waals surface area contributed by atoms with E-state index in [9.17, 15) is 4.79 Å². The quantitative estimate of drug-likeness (QED) is 0.835. The molecule has 0 bridgehead atoms. The third-order valence-corrected chi connectivity index (χ3v) is 5.41. The summed E-state index contributed by atoms with van der Waals surface area (Å²) in [7, 11) is 0. The number of pyridine rings is 1. The minimum atomic E-state index is 0.226. The number of Topliss-reactive ketones (excluding diaryl/α,β-unsaturated/α-hetero) is 1. The van der Waals surface area contributed by atoms with Crippen molar-refractivity contribution in [2.75, 3.05) is 19.6 Å². The molecule has 4 heteroatoms. The molecule has 4 nitrogen and oxygen atoms in total. The summed E-state index contributed by atoms with van der Waals surface area (Å²) in [4.78, 5) is 22.8. The standard InChI is InChI=1S/C21H25N3O/c1-14-10-16(13-24(12-14)9-7-15(2)25)17-5-6-19(20-11-23-20)21-18(17)4-3-8-22-21/h3-6,8,11,14,16,20H,7,9-10,12-13H2,1-2H3. The summed E-state index contributed by atoms with van der Waals surface area (Å²) in [5, 5.41) is 1.26. The highest BCUT2D eigenvalue weighted by Gasteiger charge is 2.28. The molecule has 0 spiro atoms. The molecule has 2 aromatic rings. The second-order valence-corrected chi connectivity index (χ2v) is 7.64. The van der Waals surface area contributed by atoms with E-state index in [1.165, 1.54) is 22.9 Å². The normalized spacial score (nSPS) is 26.1. The van der Waals surface area contributed by atoms with Crippen LogP contribution in [0.1, 0.15) is 49.8 Å². The van der Waals surface area contributed by atoms with E-state index in [0.717, 1.165) is 25.2 Å². The summed E-state index contributed by atoms with van der Waals surface area (Å²) in [6.45, 7) is 7.00. The number of aromatic nitrogens is 1. The van der Waals surface area contributed by atoms with Gasteiger partial charge in [-0.15, -0.1) is 0 Å². The summed E-state index contributed by atoms with van der Waals surface area (Å²) in [6, 6.07) is 8.95. The topological polar surface area (TPSA) is 45.6 Å². The molecule has 3 heterocycles. The first-order valence-electron chi connectivity index (χ1n) is 9.24. The van der Waals surface area contributed by atoms with Gasteiger partial charge in [0, 0.05) is 49.4 Å². The molecule has 1 fully saturated rings. The van der Waals surface area contributed by atoms with Crippen LogP contribution in [-0.4, -0.2) is 41.5 Å². The molecule has 0 saturated carbocycles. The zero-order valence-electron chi connectivity index (χ0n) is 15.0. The van der Waals surface area contributed by atoms with Crippen molar-refractivity contribution in [2.24, 2.45) is 10.9 Å². The van der Waals surface area contributed by atoms with Crippen molar-refractivity contribution >= 4 is 22.9 Å². The fraction of sp³-hybridized carbons (Fsp3) is 0.476. The molecule has 130 valence electrons. The number of nitrogens with zero attached hydrogens (tertiary/aromatic N) is 3. The Morgan fingerprint density at radius 3 is 2.80 bits per heavy atom. The lowest BCUT2D eigenvalue weighted by molar-refractivity contribution is -0.117. The first-order chi connectivity index (χ1) is 12.1. The third-order valence-electron chi connectivity index (χ3n) is 5.41. The van der Waals surface area contributed by atoms with Gasteiger partial charge in [0.1, 0.15) is 11.8 Å². The smallest absolute Gasteiger partial charge is 0.131 e. The van der Waals surface area contributed by atoms with Gasteiger partial charge < -0.3 is 4.90 Å².